The summed E-state index contributed by atoms with van der Waals surface area (Å²) in [6, 6.07) is 5.18. The minimum Gasteiger partial charge on any atom is -0.598 e. The van der Waals surface area contributed by atoms with Gasteiger partial charge in [0.2, 0.25) is 0 Å². The Kier molecular flexibility index (Phi) is 6.34. The fourth-order valence-corrected chi connectivity index (χ4v) is 4.46. The summed E-state index contributed by atoms with van der Waals surface area (Å²) in [5.74, 6) is 0.554. The Bertz CT molecular complexity index is 927. The fourth-order valence-electron chi connectivity index (χ4n) is 3.66. The molecule has 0 radical (unpaired) electrons. The Morgan fingerprint density at radius 3 is 2.41 bits per heavy atom. The maximum atomic E-state index is 12.9. The number of rotatable bonds is 4. The smallest absolute Gasteiger partial charge is 0.200 e. The van der Waals surface area contributed by atoms with Gasteiger partial charge in [-0.1, -0.05) is 6.07 Å². The molecule has 160 valence electrons. The van der Waals surface area contributed by atoms with E-state index < -0.39 is 11.4 Å². The van der Waals surface area contributed by atoms with Crippen LogP contribution in [0, 0.1) is 6.92 Å². The molecule has 1 aliphatic rings. The number of aryl methyl sites for hydroxylation is 1. The number of benzene rings is 1. The van der Waals surface area contributed by atoms with E-state index in [-0.39, 0.29) is 28.4 Å². The number of nitrogens with zero attached hydrogens (tertiary/aromatic N) is 1. The third kappa shape index (κ3) is 4.97. The Morgan fingerprint density at radius 1 is 1.21 bits per heavy atom. The molecule has 1 N–H and O–H groups in total. The van der Waals surface area contributed by atoms with Crippen LogP contribution in [0.2, 0.25) is 0 Å². The van der Waals surface area contributed by atoms with Gasteiger partial charge in [0.05, 0.1) is 23.6 Å². The van der Waals surface area contributed by atoms with Crippen molar-refractivity contribution in [1.82, 2.24) is 4.72 Å². The van der Waals surface area contributed by atoms with E-state index in [1.54, 1.807) is 6.07 Å². The van der Waals surface area contributed by atoms with Crippen LogP contribution in [0.25, 0.3) is 11.0 Å². The summed E-state index contributed by atoms with van der Waals surface area (Å²) in [4.78, 5) is 15.0. The Morgan fingerprint density at radius 2 is 1.83 bits per heavy atom. The number of fused-ring (bicyclic) bond motifs is 1. The van der Waals surface area contributed by atoms with Crippen molar-refractivity contribution in [2.24, 2.45) is 0 Å². The Balaban J connectivity index is 2.06. The van der Waals surface area contributed by atoms with Crippen molar-refractivity contribution in [1.29, 1.82) is 0 Å². The second-order valence-electron chi connectivity index (χ2n) is 9.06. The van der Waals surface area contributed by atoms with Crippen molar-refractivity contribution < 1.29 is 13.7 Å². The number of ether oxygens (including phenoxy) is 1. The molecule has 0 saturated carbocycles. The first-order valence-corrected chi connectivity index (χ1v) is 11.3. The van der Waals surface area contributed by atoms with Crippen molar-refractivity contribution >= 4 is 28.2 Å². The zero-order chi connectivity index (χ0) is 21.5. The van der Waals surface area contributed by atoms with Gasteiger partial charge in [0, 0.05) is 36.1 Å². The van der Waals surface area contributed by atoms with Crippen molar-refractivity contribution in [3.8, 4) is 0 Å². The third-order valence-electron chi connectivity index (χ3n) is 5.03. The highest BCUT2D eigenvalue weighted by atomic mass is 32.2. The quantitative estimate of drug-likeness (QED) is 0.758. The predicted octanol–water partition coefficient (Wildman–Crippen LogP) is 3.83. The molecular formula is C22H32N2O4S. The van der Waals surface area contributed by atoms with Crippen LogP contribution in [0.1, 0.15) is 58.7 Å². The molecule has 1 aromatic heterocycles. The molecule has 0 bridgehead atoms. The lowest BCUT2D eigenvalue weighted by atomic mass is 10.0. The first-order chi connectivity index (χ1) is 13.5. The molecular weight excluding hydrogens is 388 g/mol. The van der Waals surface area contributed by atoms with Crippen LogP contribution in [-0.2, 0) is 16.1 Å². The highest BCUT2D eigenvalue weighted by Crippen LogP contribution is 2.30. The van der Waals surface area contributed by atoms with Crippen molar-refractivity contribution in [2.75, 3.05) is 18.0 Å². The normalized spacial score (nSPS) is 22.7. The van der Waals surface area contributed by atoms with Crippen LogP contribution in [0.4, 0.5) is 5.88 Å². The van der Waals surface area contributed by atoms with E-state index in [1.165, 1.54) is 0 Å². The van der Waals surface area contributed by atoms with E-state index in [4.69, 9.17) is 9.15 Å². The number of hydrogen-bond acceptors (Lipinski definition) is 6. The van der Waals surface area contributed by atoms with Crippen LogP contribution in [-0.4, -0.2) is 34.6 Å². The number of hydrogen-bond donors (Lipinski definition) is 1. The van der Waals surface area contributed by atoms with E-state index >= 15 is 0 Å². The van der Waals surface area contributed by atoms with Gasteiger partial charge < -0.3 is 18.6 Å². The summed E-state index contributed by atoms with van der Waals surface area (Å²) in [7, 11) is 0. The summed E-state index contributed by atoms with van der Waals surface area (Å²) >= 11 is -1.24. The van der Waals surface area contributed by atoms with E-state index in [1.807, 2.05) is 60.6 Å². The Labute approximate surface area is 175 Å². The number of morpholine rings is 1. The maximum Gasteiger partial charge on any atom is 0.200 e. The molecule has 1 saturated heterocycles. The van der Waals surface area contributed by atoms with Crippen LogP contribution in [0.15, 0.2) is 27.4 Å². The van der Waals surface area contributed by atoms with Crippen LogP contribution >= 0.6 is 0 Å². The molecule has 6 nitrogen and oxygen atoms in total. The average Bonchev–Trinajstić information content (AvgIpc) is 2.59. The SMILES string of the molecule is Cc1cc([C@@H](C)N[S+]([O-])C(C)(C)C)c2oc(N3C[C@@H](C)O[C@@H](C)C3)cc(=O)c2c1. The second-order valence-corrected chi connectivity index (χ2v) is 11.1. The molecule has 29 heavy (non-hydrogen) atoms. The van der Waals surface area contributed by atoms with Gasteiger partial charge in [0.15, 0.2) is 11.3 Å². The lowest BCUT2D eigenvalue weighted by Crippen LogP contribution is -2.45. The average molecular weight is 421 g/mol. The molecule has 1 aliphatic heterocycles. The van der Waals surface area contributed by atoms with Gasteiger partial charge in [0.25, 0.3) is 0 Å². The molecule has 0 spiro atoms. The van der Waals surface area contributed by atoms with Crippen LogP contribution in [0.3, 0.4) is 0 Å². The van der Waals surface area contributed by atoms with Gasteiger partial charge in [0.1, 0.15) is 10.3 Å². The van der Waals surface area contributed by atoms with Gasteiger partial charge in [-0.25, -0.2) is 0 Å². The summed E-state index contributed by atoms with van der Waals surface area (Å²) < 4.78 is 27.5. The molecule has 2 aromatic rings. The fraction of sp³-hybridized carbons (Fsp3) is 0.591. The molecule has 0 amide bonds. The van der Waals surface area contributed by atoms with Crippen molar-refractivity contribution in [3.63, 3.8) is 0 Å². The van der Waals surface area contributed by atoms with Crippen molar-refractivity contribution in [3.05, 3.63) is 39.5 Å². The summed E-state index contributed by atoms with van der Waals surface area (Å²) in [5.41, 5.74) is 2.29. The first kappa shape index (κ1) is 22.2. The zero-order valence-electron chi connectivity index (χ0n) is 18.4. The van der Waals surface area contributed by atoms with Gasteiger partial charge in [-0.05, 0) is 60.1 Å². The third-order valence-corrected chi connectivity index (χ3v) is 6.71. The summed E-state index contributed by atoms with van der Waals surface area (Å²) in [6.07, 6.45) is 0.124. The van der Waals surface area contributed by atoms with E-state index in [0.717, 1.165) is 11.1 Å². The minimum atomic E-state index is -1.24. The molecule has 2 heterocycles. The van der Waals surface area contributed by atoms with Gasteiger partial charge in [-0.3, -0.25) is 4.79 Å². The highest BCUT2D eigenvalue weighted by molar-refractivity contribution is 7.90. The first-order valence-electron chi connectivity index (χ1n) is 10.1. The molecule has 1 aromatic carbocycles. The highest BCUT2D eigenvalue weighted by Gasteiger charge is 2.30. The monoisotopic (exact) mass is 420 g/mol. The standard InChI is InChI=1S/C22H32N2O4S/c1-13-8-17(16(4)23-29(26)22(5,6)7)21-18(9-13)19(25)10-20(28-21)24-11-14(2)27-15(3)12-24/h8-10,14-16,23H,11-12H2,1-7H3/t14-,15+,16-,29?/m1/s1. The minimum absolute atomic E-state index is 0.0621. The maximum absolute atomic E-state index is 12.9. The molecule has 3 rings (SSSR count). The molecule has 7 heteroatoms. The topological polar surface area (TPSA) is 77.8 Å². The lowest BCUT2D eigenvalue weighted by molar-refractivity contribution is -0.00639. The molecule has 0 aliphatic carbocycles. The molecule has 1 unspecified atom stereocenters. The van der Waals surface area contributed by atoms with E-state index in [2.05, 4.69) is 9.62 Å². The largest absolute Gasteiger partial charge is 0.598 e. The zero-order valence-corrected chi connectivity index (χ0v) is 19.2. The number of nitrogens with one attached hydrogen (secondary N) is 1. The Hall–Kier alpha value is -1.54. The van der Waals surface area contributed by atoms with Gasteiger partial charge in [-0.15, -0.1) is 4.72 Å². The number of anilines is 1. The lowest BCUT2D eigenvalue weighted by Gasteiger charge is -2.35. The summed E-state index contributed by atoms with van der Waals surface area (Å²) in [6.45, 7) is 15.1. The van der Waals surface area contributed by atoms with E-state index in [0.29, 0.717) is 29.9 Å². The van der Waals surface area contributed by atoms with E-state index in [9.17, 15) is 9.35 Å². The molecule has 1 fully saturated rings. The predicted molar refractivity (Wildman–Crippen MR) is 119 cm³/mol. The van der Waals surface area contributed by atoms with Gasteiger partial charge in [-0.2, -0.15) is 0 Å². The van der Waals surface area contributed by atoms with Gasteiger partial charge >= 0.3 is 0 Å². The van der Waals surface area contributed by atoms with Crippen LogP contribution in [0.5, 0.6) is 0 Å². The summed E-state index contributed by atoms with van der Waals surface area (Å²) in [5, 5.41) is 0.549. The molecule has 4 atom stereocenters. The van der Waals surface area contributed by atoms with Crippen LogP contribution < -0.4 is 15.1 Å². The van der Waals surface area contributed by atoms with Crippen molar-refractivity contribution in [2.45, 2.75) is 71.5 Å². The second kappa shape index (κ2) is 8.30.